The fourth-order valence-electron chi connectivity index (χ4n) is 2.81. The number of carbonyl (C=O) groups excluding carboxylic acids is 2. The lowest BCUT2D eigenvalue weighted by Gasteiger charge is -2.34. The summed E-state index contributed by atoms with van der Waals surface area (Å²) < 4.78 is 0. The zero-order chi connectivity index (χ0) is 15.2. The molecule has 1 aromatic rings. The van der Waals surface area contributed by atoms with Crippen LogP contribution in [0.2, 0.25) is 0 Å². The van der Waals surface area contributed by atoms with Crippen LogP contribution in [0, 0.1) is 0 Å². The lowest BCUT2D eigenvalue weighted by molar-refractivity contribution is -0.118. The molecule has 1 atom stereocenters. The van der Waals surface area contributed by atoms with Crippen molar-refractivity contribution in [3.05, 3.63) is 29.8 Å². The highest BCUT2D eigenvalue weighted by Gasteiger charge is 2.23. The molecule has 1 amide bonds. The number of hydrogen-bond acceptors (Lipinski definition) is 4. The first kappa shape index (κ1) is 18.6. The van der Waals surface area contributed by atoms with E-state index in [0.717, 1.165) is 19.4 Å². The van der Waals surface area contributed by atoms with Crippen LogP contribution >= 0.6 is 12.4 Å². The molecule has 0 radical (unpaired) electrons. The van der Waals surface area contributed by atoms with Crippen LogP contribution in [0.5, 0.6) is 0 Å². The number of ketones is 1. The van der Waals surface area contributed by atoms with Crippen LogP contribution in [-0.2, 0) is 4.79 Å². The molecule has 0 aliphatic carbocycles. The Bertz CT molecular complexity index is 522. The topological polar surface area (TPSA) is 75.4 Å². The molecule has 122 valence electrons. The predicted octanol–water partition coefficient (Wildman–Crippen LogP) is 2.06. The van der Waals surface area contributed by atoms with Gasteiger partial charge in [-0.15, -0.1) is 12.4 Å². The third-order valence-electron chi connectivity index (χ3n) is 3.95. The molecule has 0 bridgehead atoms. The molecule has 0 spiro atoms. The van der Waals surface area contributed by atoms with Crippen molar-refractivity contribution in [3.63, 3.8) is 0 Å². The summed E-state index contributed by atoms with van der Waals surface area (Å²) in [5, 5.41) is 2.84. The summed E-state index contributed by atoms with van der Waals surface area (Å²) in [6.07, 6.45) is 3.33. The monoisotopic (exact) mass is 325 g/mol. The first-order chi connectivity index (χ1) is 10.1. The summed E-state index contributed by atoms with van der Waals surface area (Å²) in [7, 11) is 0. The highest BCUT2D eigenvalue weighted by molar-refractivity contribution is 6.04. The van der Waals surface area contributed by atoms with Crippen LogP contribution in [0.3, 0.4) is 0 Å². The summed E-state index contributed by atoms with van der Waals surface area (Å²) >= 11 is 0. The largest absolute Gasteiger partial charge is 0.329 e. The molecule has 0 aromatic heterocycles. The summed E-state index contributed by atoms with van der Waals surface area (Å²) in [5.41, 5.74) is 6.89. The van der Waals surface area contributed by atoms with E-state index in [2.05, 4.69) is 10.2 Å². The number of carbonyl (C=O) groups is 2. The number of halogens is 1. The van der Waals surface area contributed by atoms with Crippen LogP contribution in [0.4, 0.5) is 5.69 Å². The normalized spacial score (nSPS) is 18.4. The van der Waals surface area contributed by atoms with Gasteiger partial charge in [-0.1, -0.05) is 18.6 Å². The van der Waals surface area contributed by atoms with Crippen molar-refractivity contribution in [2.75, 3.05) is 25.0 Å². The minimum atomic E-state index is -0.0935. The zero-order valence-corrected chi connectivity index (χ0v) is 13.7. The Labute approximate surface area is 137 Å². The van der Waals surface area contributed by atoms with Crippen LogP contribution in [0.15, 0.2) is 24.3 Å². The highest BCUT2D eigenvalue weighted by atomic mass is 35.5. The number of rotatable bonds is 5. The standard InChI is InChI=1S/C16H23N3O2.ClH/c1-12(20)14-7-2-3-8-15(14)18-16(21)11-19-9-5-4-6-13(19)10-17;/h2-3,7-8,13H,4-6,9-11,17H2,1H3,(H,18,21);1H. The van der Waals surface area contributed by atoms with Crippen LogP contribution in [0.1, 0.15) is 36.5 Å². The van der Waals surface area contributed by atoms with Gasteiger partial charge >= 0.3 is 0 Å². The summed E-state index contributed by atoms with van der Waals surface area (Å²) in [4.78, 5) is 25.9. The Morgan fingerprint density at radius 1 is 1.32 bits per heavy atom. The Hall–Kier alpha value is -1.43. The molecule has 3 N–H and O–H groups in total. The van der Waals surface area contributed by atoms with Gasteiger partial charge in [0.1, 0.15) is 0 Å². The minimum absolute atomic E-state index is 0. The van der Waals surface area contributed by atoms with Gasteiger partial charge in [0.2, 0.25) is 5.91 Å². The van der Waals surface area contributed by atoms with Gasteiger partial charge in [-0.05, 0) is 38.4 Å². The second kappa shape index (κ2) is 8.88. The number of nitrogens with zero attached hydrogens (tertiary/aromatic N) is 1. The number of para-hydroxylation sites is 1. The van der Waals surface area contributed by atoms with E-state index in [4.69, 9.17) is 5.73 Å². The van der Waals surface area contributed by atoms with Gasteiger partial charge in [-0.25, -0.2) is 0 Å². The molecule has 1 aliphatic rings. The second-order valence-electron chi connectivity index (χ2n) is 5.51. The van der Waals surface area contributed by atoms with Crippen molar-refractivity contribution >= 4 is 29.8 Å². The van der Waals surface area contributed by atoms with E-state index in [1.165, 1.54) is 13.3 Å². The molecule has 1 heterocycles. The Balaban J connectivity index is 0.00000242. The quantitative estimate of drug-likeness (QED) is 0.813. The average molecular weight is 326 g/mol. The first-order valence-corrected chi connectivity index (χ1v) is 7.45. The maximum absolute atomic E-state index is 12.2. The number of amides is 1. The van der Waals surface area contributed by atoms with Gasteiger partial charge < -0.3 is 11.1 Å². The SMILES string of the molecule is CC(=O)c1ccccc1NC(=O)CN1CCCCC1CN.Cl. The van der Waals surface area contributed by atoms with Crippen LogP contribution in [0.25, 0.3) is 0 Å². The van der Waals surface area contributed by atoms with Crippen molar-refractivity contribution in [1.29, 1.82) is 0 Å². The molecule has 22 heavy (non-hydrogen) atoms. The lowest BCUT2D eigenvalue weighted by atomic mass is 10.0. The van der Waals surface area contributed by atoms with E-state index in [9.17, 15) is 9.59 Å². The second-order valence-corrected chi connectivity index (χ2v) is 5.51. The highest BCUT2D eigenvalue weighted by Crippen LogP contribution is 2.18. The van der Waals surface area contributed by atoms with E-state index >= 15 is 0 Å². The lowest BCUT2D eigenvalue weighted by Crippen LogP contribution is -2.47. The van der Waals surface area contributed by atoms with E-state index in [-0.39, 0.29) is 30.1 Å². The molecule has 1 aliphatic heterocycles. The summed E-state index contributed by atoms with van der Waals surface area (Å²) in [5.74, 6) is -0.146. The maximum atomic E-state index is 12.2. The van der Waals surface area contributed by atoms with Gasteiger partial charge in [-0.2, -0.15) is 0 Å². The third-order valence-corrected chi connectivity index (χ3v) is 3.95. The number of anilines is 1. The first-order valence-electron chi connectivity index (χ1n) is 7.45. The predicted molar refractivity (Wildman–Crippen MR) is 90.6 cm³/mol. The Morgan fingerprint density at radius 2 is 2.05 bits per heavy atom. The minimum Gasteiger partial charge on any atom is -0.329 e. The van der Waals surface area contributed by atoms with Gasteiger partial charge in [0, 0.05) is 18.2 Å². The van der Waals surface area contributed by atoms with Crippen molar-refractivity contribution in [3.8, 4) is 0 Å². The molecule has 1 aromatic carbocycles. The van der Waals surface area contributed by atoms with E-state index in [1.807, 2.05) is 6.07 Å². The van der Waals surface area contributed by atoms with E-state index in [0.29, 0.717) is 24.3 Å². The molecule has 5 nitrogen and oxygen atoms in total. The van der Waals surface area contributed by atoms with Crippen LogP contribution in [-0.4, -0.2) is 42.3 Å². The van der Waals surface area contributed by atoms with Crippen molar-refractivity contribution in [2.24, 2.45) is 5.73 Å². The number of nitrogens with one attached hydrogen (secondary N) is 1. The van der Waals surface area contributed by atoms with Gasteiger partial charge in [-0.3, -0.25) is 14.5 Å². The fraction of sp³-hybridized carbons (Fsp3) is 0.500. The number of Topliss-reactive ketones (excluding diaryl/α,β-unsaturated/α-hetero) is 1. The van der Waals surface area contributed by atoms with Crippen LogP contribution < -0.4 is 11.1 Å². The Kier molecular flexibility index (Phi) is 7.51. The Morgan fingerprint density at radius 3 is 2.73 bits per heavy atom. The number of benzene rings is 1. The number of nitrogens with two attached hydrogens (primary N) is 1. The number of hydrogen-bond donors (Lipinski definition) is 2. The molecular formula is C16H24ClN3O2. The fourth-order valence-corrected chi connectivity index (χ4v) is 2.81. The molecule has 1 fully saturated rings. The van der Waals surface area contributed by atoms with E-state index < -0.39 is 0 Å². The van der Waals surface area contributed by atoms with Crippen molar-refractivity contribution in [1.82, 2.24) is 4.90 Å². The molecule has 1 unspecified atom stereocenters. The molecule has 6 heteroatoms. The third kappa shape index (κ3) is 4.80. The summed E-state index contributed by atoms with van der Waals surface area (Å²) in [6.45, 7) is 3.31. The molecule has 0 saturated carbocycles. The van der Waals surface area contributed by atoms with Gasteiger partial charge in [0.05, 0.1) is 12.2 Å². The molecule has 1 saturated heterocycles. The zero-order valence-electron chi connectivity index (χ0n) is 12.9. The number of likely N-dealkylation sites (tertiary alicyclic amines) is 1. The number of piperidine rings is 1. The smallest absolute Gasteiger partial charge is 0.238 e. The van der Waals surface area contributed by atoms with Gasteiger partial charge in [0.25, 0.3) is 0 Å². The molecule has 2 rings (SSSR count). The van der Waals surface area contributed by atoms with Crippen molar-refractivity contribution < 1.29 is 9.59 Å². The summed E-state index contributed by atoms with van der Waals surface area (Å²) in [6, 6.07) is 7.37. The van der Waals surface area contributed by atoms with Gasteiger partial charge in [0.15, 0.2) is 5.78 Å². The van der Waals surface area contributed by atoms with E-state index in [1.54, 1.807) is 18.2 Å². The van der Waals surface area contributed by atoms with Crippen molar-refractivity contribution in [2.45, 2.75) is 32.2 Å². The maximum Gasteiger partial charge on any atom is 0.238 e. The molecular weight excluding hydrogens is 302 g/mol. The average Bonchev–Trinajstić information content (AvgIpc) is 2.48.